The zero-order valence-corrected chi connectivity index (χ0v) is 18.1. The van der Waals surface area contributed by atoms with E-state index < -0.39 is 0 Å². The molecule has 160 valence electrons. The highest BCUT2D eigenvalue weighted by Crippen LogP contribution is 2.39. The minimum Gasteiger partial charge on any atom is -0.355 e. The van der Waals surface area contributed by atoms with Gasteiger partial charge in [-0.05, 0) is 61.8 Å². The van der Waals surface area contributed by atoms with Crippen LogP contribution in [0.5, 0.6) is 0 Å². The highest BCUT2D eigenvalue weighted by molar-refractivity contribution is 5.88. The number of nitrogens with two attached hydrogens (primary N) is 1. The molecule has 0 saturated carbocycles. The number of fused-ring (bicyclic) bond motifs is 2. The van der Waals surface area contributed by atoms with Crippen LogP contribution in [0.2, 0.25) is 0 Å². The zero-order chi connectivity index (χ0) is 21.6. The smallest absolute Gasteiger partial charge is 0.190 e. The first-order chi connectivity index (χ1) is 15.0. The van der Waals surface area contributed by atoms with Crippen LogP contribution in [0.4, 0.5) is 23.0 Å². The van der Waals surface area contributed by atoms with E-state index in [4.69, 9.17) is 22.3 Å². The van der Waals surface area contributed by atoms with Crippen molar-refractivity contribution in [2.75, 3.05) is 36.0 Å². The molecular formula is C23H28N8. The van der Waals surface area contributed by atoms with Crippen molar-refractivity contribution in [1.29, 1.82) is 0 Å². The monoisotopic (exact) mass is 416 g/mol. The van der Waals surface area contributed by atoms with E-state index in [1.165, 1.54) is 5.56 Å². The van der Waals surface area contributed by atoms with Crippen LogP contribution in [0, 0.1) is 18.9 Å². The first-order valence-electron chi connectivity index (χ1n) is 11.0. The Morgan fingerprint density at radius 2 is 2.06 bits per heavy atom. The molecule has 0 atom stereocenters. The largest absolute Gasteiger partial charge is 0.355 e. The average Bonchev–Trinajstić information content (AvgIpc) is 3.23. The number of aromatic nitrogens is 4. The lowest BCUT2D eigenvalue weighted by molar-refractivity contribution is 0.258. The van der Waals surface area contributed by atoms with E-state index in [9.17, 15) is 0 Å². The Balaban J connectivity index is 1.46. The number of piperidine rings is 1. The van der Waals surface area contributed by atoms with Crippen molar-refractivity contribution in [3.05, 3.63) is 40.9 Å². The van der Waals surface area contributed by atoms with Crippen molar-refractivity contribution in [1.82, 2.24) is 20.2 Å². The number of nitrogens with zero attached hydrogens (tertiary/aromatic N) is 6. The SMILES string of the molecule is [C-]#[N+]c1ccc2c(c1C)CCCN2c1n[nH]c2nc(N3CCC(C)(CN)CC3)cnc12. The van der Waals surface area contributed by atoms with Gasteiger partial charge in [-0.15, -0.1) is 0 Å². The molecule has 2 aliphatic heterocycles. The molecule has 1 saturated heterocycles. The van der Waals surface area contributed by atoms with Gasteiger partial charge in [0.05, 0.1) is 12.8 Å². The van der Waals surface area contributed by atoms with Crippen molar-refractivity contribution in [3.63, 3.8) is 0 Å². The molecule has 8 nitrogen and oxygen atoms in total. The summed E-state index contributed by atoms with van der Waals surface area (Å²) in [5, 5.41) is 7.69. The quantitative estimate of drug-likeness (QED) is 0.630. The maximum atomic E-state index is 7.40. The Labute approximate surface area is 182 Å². The van der Waals surface area contributed by atoms with Crippen LogP contribution in [0.25, 0.3) is 16.0 Å². The second-order valence-electron chi connectivity index (χ2n) is 9.05. The normalized spacial score (nSPS) is 18.1. The summed E-state index contributed by atoms with van der Waals surface area (Å²) < 4.78 is 0. The van der Waals surface area contributed by atoms with Crippen LogP contribution in [0.15, 0.2) is 18.3 Å². The maximum absolute atomic E-state index is 7.40. The van der Waals surface area contributed by atoms with Gasteiger partial charge >= 0.3 is 0 Å². The molecule has 31 heavy (non-hydrogen) atoms. The number of benzene rings is 1. The molecule has 0 aliphatic carbocycles. The fourth-order valence-corrected chi connectivity index (χ4v) is 4.77. The number of hydrogen-bond donors (Lipinski definition) is 2. The highest BCUT2D eigenvalue weighted by atomic mass is 15.3. The molecule has 0 unspecified atom stereocenters. The maximum Gasteiger partial charge on any atom is 0.190 e. The Morgan fingerprint density at radius 1 is 1.26 bits per heavy atom. The lowest BCUT2D eigenvalue weighted by Gasteiger charge is -2.39. The molecule has 8 heteroatoms. The standard InChI is InChI=1S/C23H28N8/c1-15-16-5-4-10-31(18(16)7-6-17(15)25-3)22-20-21(28-29-22)27-19(13-26-20)30-11-8-23(2,14-24)9-12-30/h6-7,13H,4-5,8-12,14,24H2,1-2H3,(H,27,28,29). The van der Waals surface area contributed by atoms with Crippen molar-refractivity contribution >= 4 is 34.2 Å². The predicted octanol–water partition coefficient (Wildman–Crippen LogP) is 3.86. The number of anilines is 3. The molecule has 4 heterocycles. The van der Waals surface area contributed by atoms with Crippen molar-refractivity contribution in [3.8, 4) is 0 Å². The van der Waals surface area contributed by atoms with Gasteiger partial charge in [0, 0.05) is 25.3 Å². The van der Waals surface area contributed by atoms with Gasteiger partial charge in [0.1, 0.15) is 5.82 Å². The number of nitrogens with one attached hydrogen (secondary N) is 1. The van der Waals surface area contributed by atoms with Gasteiger partial charge in [-0.1, -0.05) is 13.0 Å². The molecule has 2 aromatic heterocycles. The Kier molecular flexibility index (Phi) is 4.78. The third-order valence-electron chi connectivity index (χ3n) is 7.05. The molecule has 0 amide bonds. The molecular weight excluding hydrogens is 388 g/mol. The second-order valence-corrected chi connectivity index (χ2v) is 9.05. The summed E-state index contributed by atoms with van der Waals surface area (Å²) in [6.07, 6.45) is 5.99. The van der Waals surface area contributed by atoms with Crippen LogP contribution in [0.3, 0.4) is 0 Å². The molecule has 1 aromatic carbocycles. The molecule has 1 fully saturated rings. The lowest BCUT2D eigenvalue weighted by Crippen LogP contribution is -2.42. The van der Waals surface area contributed by atoms with E-state index in [-0.39, 0.29) is 5.41 Å². The third kappa shape index (κ3) is 3.29. The lowest BCUT2D eigenvalue weighted by atomic mass is 9.80. The number of hydrogen-bond acceptors (Lipinski definition) is 6. The number of H-pyrrole nitrogens is 1. The zero-order valence-electron chi connectivity index (χ0n) is 18.1. The summed E-state index contributed by atoms with van der Waals surface area (Å²) in [5.41, 5.74) is 11.8. The molecule has 2 aliphatic rings. The van der Waals surface area contributed by atoms with E-state index >= 15 is 0 Å². The van der Waals surface area contributed by atoms with Crippen molar-refractivity contribution in [2.24, 2.45) is 11.1 Å². The predicted molar refractivity (Wildman–Crippen MR) is 123 cm³/mol. The minimum absolute atomic E-state index is 0.224. The Hall–Kier alpha value is -3.18. The highest BCUT2D eigenvalue weighted by Gasteiger charge is 2.30. The fraction of sp³-hybridized carbons (Fsp3) is 0.478. The van der Waals surface area contributed by atoms with Gasteiger partial charge in [0.2, 0.25) is 0 Å². The number of rotatable bonds is 3. The summed E-state index contributed by atoms with van der Waals surface area (Å²) >= 11 is 0. The van der Waals surface area contributed by atoms with Crippen LogP contribution in [-0.2, 0) is 6.42 Å². The molecule has 3 aromatic rings. The molecule has 0 bridgehead atoms. The van der Waals surface area contributed by atoms with Gasteiger partial charge in [-0.2, -0.15) is 5.10 Å². The average molecular weight is 417 g/mol. The van der Waals surface area contributed by atoms with Crippen molar-refractivity contribution < 1.29 is 0 Å². The molecule has 0 radical (unpaired) electrons. The Morgan fingerprint density at radius 3 is 2.81 bits per heavy atom. The summed E-state index contributed by atoms with van der Waals surface area (Å²) in [5.74, 6) is 1.69. The molecule has 3 N–H and O–H groups in total. The summed E-state index contributed by atoms with van der Waals surface area (Å²) in [4.78, 5) is 17.8. The van der Waals surface area contributed by atoms with E-state index in [0.717, 1.165) is 86.0 Å². The topological polar surface area (TPSA) is 91.3 Å². The molecule has 0 spiro atoms. The molecule has 5 rings (SSSR count). The van der Waals surface area contributed by atoms with Gasteiger partial charge in [-0.3, -0.25) is 5.10 Å². The van der Waals surface area contributed by atoms with Crippen LogP contribution in [-0.4, -0.2) is 46.3 Å². The van der Waals surface area contributed by atoms with Crippen LogP contribution < -0.4 is 15.5 Å². The fourth-order valence-electron chi connectivity index (χ4n) is 4.77. The first kappa shape index (κ1) is 19.8. The summed E-state index contributed by atoms with van der Waals surface area (Å²) in [6.45, 7) is 15.2. The van der Waals surface area contributed by atoms with Gasteiger partial charge in [0.15, 0.2) is 22.7 Å². The van der Waals surface area contributed by atoms with Gasteiger partial charge < -0.3 is 15.5 Å². The van der Waals surface area contributed by atoms with E-state index in [1.54, 1.807) is 0 Å². The van der Waals surface area contributed by atoms with E-state index in [2.05, 4.69) is 31.8 Å². The van der Waals surface area contributed by atoms with Gasteiger partial charge in [-0.25, -0.2) is 14.8 Å². The minimum atomic E-state index is 0.224. The first-order valence-corrected chi connectivity index (χ1v) is 11.0. The third-order valence-corrected chi connectivity index (χ3v) is 7.05. The second kappa shape index (κ2) is 7.50. The van der Waals surface area contributed by atoms with Gasteiger partial charge in [0.25, 0.3) is 0 Å². The van der Waals surface area contributed by atoms with Crippen molar-refractivity contribution in [2.45, 2.75) is 39.5 Å². The van der Waals surface area contributed by atoms with E-state index in [1.807, 2.05) is 25.3 Å². The summed E-state index contributed by atoms with van der Waals surface area (Å²) in [7, 11) is 0. The Bertz CT molecular complexity index is 1170. The van der Waals surface area contributed by atoms with Crippen LogP contribution >= 0.6 is 0 Å². The van der Waals surface area contributed by atoms with Crippen LogP contribution in [0.1, 0.15) is 37.3 Å². The summed E-state index contributed by atoms with van der Waals surface area (Å²) in [6, 6.07) is 3.95. The number of aromatic amines is 1. The van der Waals surface area contributed by atoms with E-state index in [0.29, 0.717) is 5.65 Å².